The van der Waals surface area contributed by atoms with Crippen molar-refractivity contribution in [1.82, 2.24) is 15.5 Å². The summed E-state index contributed by atoms with van der Waals surface area (Å²) in [7, 11) is 0. The van der Waals surface area contributed by atoms with E-state index in [4.69, 9.17) is 16.3 Å². The summed E-state index contributed by atoms with van der Waals surface area (Å²) in [6.07, 6.45) is 0. The molecule has 2 N–H and O–H groups in total. The van der Waals surface area contributed by atoms with Crippen molar-refractivity contribution in [3.8, 4) is 0 Å². The van der Waals surface area contributed by atoms with Crippen molar-refractivity contribution in [1.29, 1.82) is 0 Å². The van der Waals surface area contributed by atoms with Crippen LogP contribution in [0.2, 0.25) is 5.02 Å². The van der Waals surface area contributed by atoms with Gasteiger partial charge in [-0.2, -0.15) is 0 Å². The smallest absolute Gasteiger partial charge is 0.338 e. The average molecular weight is 455 g/mol. The van der Waals surface area contributed by atoms with Crippen molar-refractivity contribution >= 4 is 29.3 Å². The number of para-hydroxylation sites is 1. The average Bonchev–Trinajstić information content (AvgIpc) is 2.80. The molecule has 0 radical (unpaired) electrons. The molecule has 1 atom stereocenters. The number of rotatable bonds is 6. The van der Waals surface area contributed by atoms with E-state index in [2.05, 4.69) is 32.6 Å². The van der Waals surface area contributed by atoms with Gasteiger partial charge in [-0.15, -0.1) is 0 Å². The van der Waals surface area contributed by atoms with Crippen LogP contribution in [0.5, 0.6) is 0 Å². The molecular formula is C24H27ClN4O3. The van der Waals surface area contributed by atoms with Crippen LogP contribution in [0.3, 0.4) is 0 Å². The Bertz CT molecular complexity index is 986. The van der Waals surface area contributed by atoms with Crippen LogP contribution < -0.4 is 15.5 Å². The molecule has 2 aromatic rings. The number of ether oxygens (including phenoxy) is 1. The largest absolute Gasteiger partial charge is 0.463 e. The van der Waals surface area contributed by atoms with Crippen LogP contribution in [0, 0.1) is 0 Å². The first-order valence-electron chi connectivity index (χ1n) is 10.8. The van der Waals surface area contributed by atoms with Crippen LogP contribution in [0.15, 0.2) is 65.9 Å². The van der Waals surface area contributed by atoms with Crippen molar-refractivity contribution in [2.75, 3.05) is 44.2 Å². The summed E-state index contributed by atoms with van der Waals surface area (Å²) in [6.45, 7) is 5.89. The standard InChI is InChI=1S/C24H27ClN4O3/c1-2-32-23(30)21-20(26-24(31)27-22(21)17-8-10-18(25)11-9-17)16-28-12-14-29(15-13-28)19-6-4-3-5-7-19/h3-11,22H,2,12-16H2,1H3,(H2,26,27,31). The molecule has 2 aliphatic rings. The first-order valence-corrected chi connectivity index (χ1v) is 11.2. The van der Waals surface area contributed by atoms with Crippen LogP contribution >= 0.6 is 11.6 Å². The Balaban J connectivity index is 1.56. The van der Waals surface area contributed by atoms with E-state index in [-0.39, 0.29) is 12.6 Å². The molecule has 0 saturated carbocycles. The number of carbonyl (C=O) groups is 2. The number of piperazine rings is 1. The Morgan fingerprint density at radius 2 is 1.75 bits per heavy atom. The summed E-state index contributed by atoms with van der Waals surface area (Å²) in [5.74, 6) is -0.433. The van der Waals surface area contributed by atoms with E-state index in [1.165, 1.54) is 5.69 Å². The summed E-state index contributed by atoms with van der Waals surface area (Å²) in [5.41, 5.74) is 3.00. The molecule has 2 aromatic carbocycles. The molecule has 2 aliphatic heterocycles. The highest BCUT2D eigenvalue weighted by Gasteiger charge is 2.34. The van der Waals surface area contributed by atoms with E-state index < -0.39 is 12.0 Å². The normalized spacial score (nSPS) is 19.4. The molecule has 1 saturated heterocycles. The third-order valence-corrected chi connectivity index (χ3v) is 5.98. The van der Waals surface area contributed by atoms with Gasteiger partial charge < -0.3 is 20.3 Å². The van der Waals surface area contributed by atoms with Gasteiger partial charge in [0.25, 0.3) is 0 Å². The van der Waals surface area contributed by atoms with E-state index in [1.54, 1.807) is 19.1 Å². The number of nitrogens with zero attached hydrogens (tertiary/aromatic N) is 2. The third-order valence-electron chi connectivity index (χ3n) is 5.73. The van der Waals surface area contributed by atoms with E-state index in [9.17, 15) is 9.59 Å². The molecule has 2 amide bonds. The molecule has 8 heteroatoms. The number of urea groups is 1. The second kappa shape index (κ2) is 10.1. The van der Waals surface area contributed by atoms with E-state index >= 15 is 0 Å². The fourth-order valence-electron chi connectivity index (χ4n) is 4.12. The number of hydrogen-bond acceptors (Lipinski definition) is 5. The maximum Gasteiger partial charge on any atom is 0.338 e. The highest BCUT2D eigenvalue weighted by Crippen LogP contribution is 2.29. The van der Waals surface area contributed by atoms with Gasteiger partial charge in [0.15, 0.2) is 0 Å². The lowest BCUT2D eigenvalue weighted by molar-refractivity contribution is -0.139. The maximum atomic E-state index is 12.9. The number of nitrogens with one attached hydrogen (secondary N) is 2. The second-order valence-electron chi connectivity index (χ2n) is 7.79. The molecule has 1 unspecified atom stereocenters. The van der Waals surface area contributed by atoms with Gasteiger partial charge in [0, 0.05) is 49.1 Å². The topological polar surface area (TPSA) is 73.9 Å². The van der Waals surface area contributed by atoms with E-state index in [0.29, 0.717) is 22.8 Å². The predicted molar refractivity (Wildman–Crippen MR) is 125 cm³/mol. The summed E-state index contributed by atoms with van der Waals surface area (Å²) in [4.78, 5) is 30.0. The quantitative estimate of drug-likeness (QED) is 0.655. The van der Waals surface area contributed by atoms with Crippen LogP contribution in [-0.2, 0) is 9.53 Å². The van der Waals surface area contributed by atoms with Crippen LogP contribution in [-0.4, -0.2) is 56.2 Å². The zero-order valence-corrected chi connectivity index (χ0v) is 18.8. The van der Waals surface area contributed by atoms with Gasteiger partial charge in [-0.3, -0.25) is 4.90 Å². The molecule has 1 fully saturated rings. The lowest BCUT2D eigenvalue weighted by atomic mass is 9.95. The molecule has 0 aliphatic carbocycles. The minimum atomic E-state index is -0.597. The van der Waals surface area contributed by atoms with E-state index in [1.807, 2.05) is 30.3 Å². The lowest BCUT2D eigenvalue weighted by Crippen LogP contribution is -2.51. The zero-order chi connectivity index (χ0) is 22.5. The Morgan fingerprint density at radius 3 is 2.41 bits per heavy atom. The van der Waals surface area contributed by atoms with Gasteiger partial charge >= 0.3 is 12.0 Å². The number of hydrogen-bond donors (Lipinski definition) is 2. The number of esters is 1. The molecule has 0 spiro atoms. The number of carbonyl (C=O) groups excluding carboxylic acids is 2. The summed E-state index contributed by atoms with van der Waals surface area (Å²) in [6, 6.07) is 16.5. The summed E-state index contributed by atoms with van der Waals surface area (Å²) in [5, 5.41) is 6.30. The number of amides is 2. The lowest BCUT2D eigenvalue weighted by Gasteiger charge is -2.38. The Kier molecular flexibility index (Phi) is 6.97. The van der Waals surface area contributed by atoms with Crippen LogP contribution in [0.4, 0.5) is 10.5 Å². The molecule has 0 aromatic heterocycles. The minimum Gasteiger partial charge on any atom is -0.463 e. The molecule has 2 heterocycles. The number of halogens is 1. The highest BCUT2D eigenvalue weighted by molar-refractivity contribution is 6.30. The van der Waals surface area contributed by atoms with Crippen LogP contribution in [0.1, 0.15) is 18.5 Å². The van der Waals surface area contributed by atoms with Gasteiger partial charge in [0.05, 0.1) is 18.2 Å². The SMILES string of the molecule is CCOC(=O)C1=C(CN2CCN(c3ccccc3)CC2)NC(=O)NC1c1ccc(Cl)cc1. The second-order valence-corrected chi connectivity index (χ2v) is 8.23. The predicted octanol–water partition coefficient (Wildman–Crippen LogP) is 3.33. The fraction of sp³-hybridized carbons (Fsp3) is 0.333. The highest BCUT2D eigenvalue weighted by atomic mass is 35.5. The zero-order valence-electron chi connectivity index (χ0n) is 18.0. The first kappa shape index (κ1) is 22.2. The Morgan fingerprint density at radius 1 is 1.06 bits per heavy atom. The monoisotopic (exact) mass is 454 g/mol. The van der Waals surface area contributed by atoms with Crippen molar-refractivity contribution in [3.05, 3.63) is 76.5 Å². The van der Waals surface area contributed by atoms with Gasteiger partial charge in [-0.25, -0.2) is 9.59 Å². The molecular weight excluding hydrogens is 428 g/mol. The first-order chi connectivity index (χ1) is 15.5. The Hall–Kier alpha value is -3.03. The van der Waals surface area contributed by atoms with Gasteiger partial charge in [-0.1, -0.05) is 41.9 Å². The summed E-state index contributed by atoms with van der Waals surface area (Å²) >= 11 is 6.03. The number of anilines is 1. The molecule has 168 valence electrons. The molecule has 32 heavy (non-hydrogen) atoms. The summed E-state index contributed by atoms with van der Waals surface area (Å²) < 4.78 is 5.35. The van der Waals surface area contributed by atoms with Gasteiger partial charge in [-0.05, 0) is 36.8 Å². The molecule has 0 bridgehead atoms. The fourth-order valence-corrected chi connectivity index (χ4v) is 4.25. The third kappa shape index (κ3) is 5.06. The Labute approximate surface area is 193 Å². The number of benzene rings is 2. The van der Waals surface area contributed by atoms with Crippen LogP contribution in [0.25, 0.3) is 0 Å². The van der Waals surface area contributed by atoms with Gasteiger partial charge in [0.1, 0.15) is 0 Å². The van der Waals surface area contributed by atoms with Gasteiger partial charge in [0.2, 0.25) is 0 Å². The van der Waals surface area contributed by atoms with E-state index in [0.717, 1.165) is 31.7 Å². The molecule has 4 rings (SSSR count). The minimum absolute atomic E-state index is 0.257. The molecule has 7 nitrogen and oxygen atoms in total. The van der Waals surface area contributed by atoms with Crippen molar-refractivity contribution in [2.45, 2.75) is 13.0 Å². The van der Waals surface area contributed by atoms with Crippen molar-refractivity contribution < 1.29 is 14.3 Å². The van der Waals surface area contributed by atoms with Crippen molar-refractivity contribution in [2.24, 2.45) is 0 Å². The van der Waals surface area contributed by atoms with Crippen molar-refractivity contribution in [3.63, 3.8) is 0 Å². The maximum absolute atomic E-state index is 12.9.